The molecular formula is C26H28N2O2. The summed E-state index contributed by atoms with van der Waals surface area (Å²) in [4.78, 5) is 19.2. The minimum atomic E-state index is 0.104. The van der Waals surface area contributed by atoms with Crippen LogP contribution in [0.5, 0.6) is 5.75 Å². The lowest BCUT2D eigenvalue weighted by Gasteiger charge is -2.17. The van der Waals surface area contributed by atoms with Crippen LogP contribution in [0.1, 0.15) is 46.3 Å². The predicted molar refractivity (Wildman–Crippen MR) is 120 cm³/mol. The molecule has 3 aromatic rings. The van der Waals surface area contributed by atoms with E-state index in [1.165, 1.54) is 5.56 Å². The maximum absolute atomic E-state index is 13.0. The van der Waals surface area contributed by atoms with Crippen LogP contribution in [0.3, 0.4) is 0 Å². The third-order valence-corrected chi connectivity index (χ3v) is 5.85. The van der Waals surface area contributed by atoms with Crippen molar-refractivity contribution >= 4 is 5.91 Å². The van der Waals surface area contributed by atoms with E-state index in [1.807, 2.05) is 48.4 Å². The fraction of sp³-hybridized carbons (Fsp3) is 0.308. The topological polar surface area (TPSA) is 42.4 Å². The van der Waals surface area contributed by atoms with E-state index in [4.69, 9.17) is 4.74 Å². The van der Waals surface area contributed by atoms with Crippen molar-refractivity contribution in [2.45, 2.75) is 33.1 Å². The summed E-state index contributed by atoms with van der Waals surface area (Å²) in [5.74, 6) is 1.44. The minimum Gasteiger partial charge on any atom is -0.493 e. The van der Waals surface area contributed by atoms with Crippen LogP contribution in [0.15, 0.2) is 60.9 Å². The van der Waals surface area contributed by atoms with Gasteiger partial charge in [0.05, 0.1) is 6.61 Å². The van der Waals surface area contributed by atoms with Crippen LogP contribution in [0.4, 0.5) is 0 Å². The Balaban J connectivity index is 1.48. The highest BCUT2D eigenvalue weighted by atomic mass is 16.5. The standard InChI is InChI=1S/C26H28N2O2/c1-4-30-25-18(2)14-24(15-19(25)3)20-7-9-21(10-8-20)26(29)28-13-11-23(17-28)22-6-5-12-27-16-22/h5-10,12,14-16,23H,4,11,13,17H2,1-3H3. The van der Waals surface area contributed by atoms with E-state index in [2.05, 4.69) is 37.0 Å². The highest BCUT2D eigenvalue weighted by molar-refractivity contribution is 5.95. The molecule has 0 N–H and O–H groups in total. The Labute approximate surface area is 178 Å². The van der Waals surface area contributed by atoms with E-state index >= 15 is 0 Å². The van der Waals surface area contributed by atoms with Gasteiger partial charge in [-0.25, -0.2) is 0 Å². The van der Waals surface area contributed by atoms with Gasteiger partial charge in [0.2, 0.25) is 0 Å². The maximum Gasteiger partial charge on any atom is 0.253 e. The van der Waals surface area contributed by atoms with Crippen molar-refractivity contribution in [3.8, 4) is 16.9 Å². The highest BCUT2D eigenvalue weighted by Crippen LogP contribution is 2.31. The Hall–Kier alpha value is -3.14. The first-order valence-electron chi connectivity index (χ1n) is 10.6. The van der Waals surface area contributed by atoms with E-state index < -0.39 is 0 Å². The van der Waals surface area contributed by atoms with Crippen molar-refractivity contribution in [2.24, 2.45) is 0 Å². The summed E-state index contributed by atoms with van der Waals surface area (Å²) in [6, 6.07) is 16.3. The van der Waals surface area contributed by atoms with Gasteiger partial charge in [-0.1, -0.05) is 18.2 Å². The second kappa shape index (κ2) is 8.70. The first kappa shape index (κ1) is 20.1. The van der Waals surface area contributed by atoms with Gasteiger partial charge in [-0.05, 0) is 85.3 Å². The molecule has 2 aromatic carbocycles. The molecular weight excluding hydrogens is 372 g/mol. The van der Waals surface area contributed by atoms with Crippen LogP contribution in [0, 0.1) is 13.8 Å². The highest BCUT2D eigenvalue weighted by Gasteiger charge is 2.28. The van der Waals surface area contributed by atoms with Gasteiger partial charge in [-0.3, -0.25) is 9.78 Å². The van der Waals surface area contributed by atoms with Crippen molar-refractivity contribution in [3.63, 3.8) is 0 Å². The molecule has 0 spiro atoms. The van der Waals surface area contributed by atoms with Gasteiger partial charge in [0.15, 0.2) is 0 Å². The summed E-state index contributed by atoms with van der Waals surface area (Å²) in [6.45, 7) is 8.36. The van der Waals surface area contributed by atoms with Crippen molar-refractivity contribution in [3.05, 3.63) is 83.2 Å². The molecule has 4 nitrogen and oxygen atoms in total. The third-order valence-electron chi connectivity index (χ3n) is 5.85. The molecule has 4 heteroatoms. The van der Waals surface area contributed by atoms with Crippen molar-refractivity contribution in [1.82, 2.24) is 9.88 Å². The summed E-state index contributed by atoms with van der Waals surface area (Å²) in [6.07, 6.45) is 4.69. The van der Waals surface area contributed by atoms with Crippen LogP contribution < -0.4 is 4.74 Å². The third kappa shape index (κ3) is 4.09. The van der Waals surface area contributed by atoms with E-state index in [1.54, 1.807) is 6.20 Å². The molecule has 1 aliphatic rings. The van der Waals surface area contributed by atoms with Gasteiger partial charge in [0.1, 0.15) is 5.75 Å². The van der Waals surface area contributed by atoms with E-state index in [0.29, 0.717) is 12.5 Å². The summed E-state index contributed by atoms with van der Waals surface area (Å²) in [5, 5.41) is 0. The quantitative estimate of drug-likeness (QED) is 0.576. The Kier molecular flexibility index (Phi) is 5.84. The number of nitrogens with zero attached hydrogens (tertiary/aromatic N) is 2. The molecule has 30 heavy (non-hydrogen) atoms. The van der Waals surface area contributed by atoms with Crippen LogP contribution in [-0.4, -0.2) is 35.5 Å². The van der Waals surface area contributed by atoms with Gasteiger partial charge in [0.25, 0.3) is 5.91 Å². The maximum atomic E-state index is 13.0. The predicted octanol–water partition coefficient (Wildman–Crippen LogP) is 5.39. The largest absolute Gasteiger partial charge is 0.493 e. The number of carbonyl (C=O) groups is 1. The number of amides is 1. The van der Waals surface area contributed by atoms with Gasteiger partial charge in [-0.15, -0.1) is 0 Å². The zero-order valence-corrected chi connectivity index (χ0v) is 17.9. The van der Waals surface area contributed by atoms with Gasteiger partial charge in [-0.2, -0.15) is 0 Å². The summed E-state index contributed by atoms with van der Waals surface area (Å²) < 4.78 is 5.75. The normalized spacial score (nSPS) is 16.0. The van der Waals surface area contributed by atoms with Gasteiger partial charge in [0, 0.05) is 37.0 Å². The number of likely N-dealkylation sites (tertiary alicyclic amines) is 1. The summed E-state index contributed by atoms with van der Waals surface area (Å²) in [5.41, 5.74) is 6.46. The zero-order chi connectivity index (χ0) is 21.1. The Morgan fingerprint density at radius 2 is 1.83 bits per heavy atom. The molecule has 1 unspecified atom stereocenters. The smallest absolute Gasteiger partial charge is 0.253 e. The number of hydrogen-bond donors (Lipinski definition) is 0. The fourth-order valence-corrected chi connectivity index (χ4v) is 4.31. The molecule has 4 rings (SSSR count). The fourth-order valence-electron chi connectivity index (χ4n) is 4.31. The van der Waals surface area contributed by atoms with Crippen molar-refractivity contribution in [1.29, 1.82) is 0 Å². The minimum absolute atomic E-state index is 0.104. The number of ether oxygens (including phenoxy) is 1. The molecule has 0 saturated carbocycles. The first-order valence-corrected chi connectivity index (χ1v) is 10.6. The van der Waals surface area contributed by atoms with Crippen LogP contribution in [-0.2, 0) is 0 Å². The second-order valence-corrected chi connectivity index (χ2v) is 7.97. The number of hydrogen-bond acceptors (Lipinski definition) is 3. The molecule has 2 heterocycles. The zero-order valence-electron chi connectivity index (χ0n) is 17.9. The molecule has 1 atom stereocenters. The Morgan fingerprint density at radius 1 is 1.10 bits per heavy atom. The molecule has 1 aliphatic heterocycles. The number of rotatable bonds is 5. The Morgan fingerprint density at radius 3 is 2.47 bits per heavy atom. The number of aromatic nitrogens is 1. The van der Waals surface area contributed by atoms with Crippen molar-refractivity contribution in [2.75, 3.05) is 19.7 Å². The average Bonchev–Trinajstić information content (AvgIpc) is 3.27. The van der Waals surface area contributed by atoms with E-state index in [9.17, 15) is 4.79 Å². The molecule has 1 amide bonds. The first-order chi connectivity index (χ1) is 14.6. The lowest BCUT2D eigenvalue weighted by molar-refractivity contribution is 0.0791. The summed E-state index contributed by atoms with van der Waals surface area (Å²) in [7, 11) is 0. The van der Waals surface area contributed by atoms with Crippen LogP contribution in [0.2, 0.25) is 0 Å². The lowest BCUT2D eigenvalue weighted by Crippen LogP contribution is -2.28. The molecule has 1 aromatic heterocycles. The number of pyridine rings is 1. The van der Waals surface area contributed by atoms with Gasteiger partial charge >= 0.3 is 0 Å². The molecule has 0 bridgehead atoms. The van der Waals surface area contributed by atoms with E-state index in [-0.39, 0.29) is 5.91 Å². The number of benzene rings is 2. The van der Waals surface area contributed by atoms with Crippen LogP contribution >= 0.6 is 0 Å². The molecule has 0 radical (unpaired) electrons. The average molecular weight is 401 g/mol. The summed E-state index contributed by atoms with van der Waals surface area (Å²) >= 11 is 0. The Bertz CT molecular complexity index is 1010. The van der Waals surface area contributed by atoms with Crippen molar-refractivity contribution < 1.29 is 9.53 Å². The molecule has 1 saturated heterocycles. The monoisotopic (exact) mass is 400 g/mol. The SMILES string of the molecule is CCOc1c(C)cc(-c2ccc(C(=O)N3CCC(c4cccnc4)C3)cc2)cc1C. The van der Waals surface area contributed by atoms with Gasteiger partial charge < -0.3 is 9.64 Å². The molecule has 154 valence electrons. The number of aryl methyl sites for hydroxylation is 2. The lowest BCUT2D eigenvalue weighted by atomic mass is 9.98. The number of carbonyl (C=O) groups excluding carboxylic acids is 1. The second-order valence-electron chi connectivity index (χ2n) is 7.97. The van der Waals surface area contributed by atoms with E-state index in [0.717, 1.165) is 53.1 Å². The molecule has 1 fully saturated rings. The van der Waals surface area contributed by atoms with Crippen LogP contribution in [0.25, 0.3) is 11.1 Å². The molecule has 0 aliphatic carbocycles.